The molecule has 0 bridgehead atoms. The number of nitrogens with zero attached hydrogens (tertiary/aromatic N) is 1. The van der Waals surface area contributed by atoms with Crippen molar-refractivity contribution in [1.29, 1.82) is 0 Å². The summed E-state index contributed by atoms with van der Waals surface area (Å²) in [6, 6.07) is 15.9. The summed E-state index contributed by atoms with van der Waals surface area (Å²) in [5, 5.41) is 4.55. The second kappa shape index (κ2) is 7.29. The minimum atomic E-state index is -0.144. The normalized spacial score (nSPS) is 15.4. The summed E-state index contributed by atoms with van der Waals surface area (Å²) in [5.41, 5.74) is 1.94. The average molecular weight is 385 g/mol. The summed E-state index contributed by atoms with van der Waals surface area (Å²) in [6.45, 7) is 4.35. The molecule has 1 aliphatic heterocycles. The number of benzene rings is 2. The Balaban J connectivity index is 1.61. The van der Waals surface area contributed by atoms with Crippen molar-refractivity contribution in [2.24, 2.45) is 5.92 Å². The van der Waals surface area contributed by atoms with Gasteiger partial charge in [0, 0.05) is 23.2 Å². The molecular formula is C21H21ClN2OS. The summed E-state index contributed by atoms with van der Waals surface area (Å²) in [6.07, 6.45) is 2.37. The van der Waals surface area contributed by atoms with E-state index in [9.17, 15) is 4.79 Å². The Morgan fingerprint density at radius 2 is 1.81 bits per heavy atom. The van der Waals surface area contributed by atoms with E-state index in [1.807, 2.05) is 42.5 Å². The van der Waals surface area contributed by atoms with Crippen molar-refractivity contribution in [3.63, 3.8) is 0 Å². The number of piperidine rings is 1. The highest BCUT2D eigenvalue weighted by Gasteiger charge is 2.21. The molecule has 5 heteroatoms. The summed E-state index contributed by atoms with van der Waals surface area (Å²) < 4.78 is 1.03. The van der Waals surface area contributed by atoms with Crippen LogP contribution in [0.15, 0.2) is 48.5 Å². The van der Waals surface area contributed by atoms with E-state index in [1.165, 1.54) is 24.2 Å². The Hall–Kier alpha value is -2.04. The topological polar surface area (TPSA) is 32.3 Å². The smallest absolute Gasteiger partial charge is 0.267 e. The Morgan fingerprint density at radius 1 is 1.12 bits per heavy atom. The third-order valence-electron chi connectivity index (χ3n) is 5.02. The molecule has 0 unspecified atom stereocenters. The highest BCUT2D eigenvalue weighted by molar-refractivity contribution is 7.21. The van der Waals surface area contributed by atoms with Crippen molar-refractivity contribution in [3.8, 4) is 0 Å². The van der Waals surface area contributed by atoms with E-state index in [0.29, 0.717) is 9.90 Å². The predicted molar refractivity (Wildman–Crippen MR) is 112 cm³/mol. The molecule has 0 spiro atoms. The first-order valence-corrected chi connectivity index (χ1v) is 10.2. The van der Waals surface area contributed by atoms with Crippen LogP contribution in [0.3, 0.4) is 0 Å². The van der Waals surface area contributed by atoms with Crippen LogP contribution in [0.4, 0.5) is 11.4 Å². The van der Waals surface area contributed by atoms with Gasteiger partial charge < -0.3 is 10.2 Å². The molecule has 0 saturated carbocycles. The molecule has 3 nitrogen and oxygen atoms in total. The van der Waals surface area contributed by atoms with Crippen molar-refractivity contribution in [3.05, 3.63) is 58.4 Å². The number of carbonyl (C=O) groups is 1. The first kappa shape index (κ1) is 17.4. The van der Waals surface area contributed by atoms with Gasteiger partial charge in [0.05, 0.1) is 16.4 Å². The number of halogens is 1. The molecule has 134 valence electrons. The zero-order valence-corrected chi connectivity index (χ0v) is 16.2. The van der Waals surface area contributed by atoms with Crippen LogP contribution in [-0.2, 0) is 0 Å². The second-order valence-corrected chi connectivity index (χ2v) is 8.31. The molecule has 4 rings (SSSR count). The monoisotopic (exact) mass is 384 g/mol. The van der Waals surface area contributed by atoms with E-state index in [1.54, 1.807) is 0 Å². The average Bonchev–Trinajstić information content (AvgIpc) is 3.00. The van der Waals surface area contributed by atoms with Gasteiger partial charge in [0.2, 0.25) is 0 Å². The van der Waals surface area contributed by atoms with E-state index < -0.39 is 0 Å². The summed E-state index contributed by atoms with van der Waals surface area (Å²) in [5.74, 6) is 0.624. The summed E-state index contributed by atoms with van der Waals surface area (Å²) in [7, 11) is 0. The van der Waals surface area contributed by atoms with Crippen LogP contribution in [0, 0.1) is 5.92 Å². The molecule has 0 atom stereocenters. The SMILES string of the molecule is CC1CCN(c2ccccc2NC(=O)c2sc3ccccc3c2Cl)CC1. The Bertz CT molecular complexity index is 944. The zero-order valence-electron chi connectivity index (χ0n) is 14.7. The number of para-hydroxylation sites is 2. The molecule has 1 N–H and O–H groups in total. The lowest BCUT2D eigenvalue weighted by molar-refractivity contribution is 0.103. The molecule has 1 saturated heterocycles. The first-order valence-electron chi connectivity index (χ1n) is 8.96. The predicted octanol–water partition coefficient (Wildman–Crippen LogP) is 6.04. The lowest BCUT2D eigenvalue weighted by Crippen LogP contribution is -2.33. The number of nitrogens with one attached hydrogen (secondary N) is 1. The molecule has 1 amide bonds. The second-order valence-electron chi connectivity index (χ2n) is 6.88. The van der Waals surface area contributed by atoms with E-state index in [0.717, 1.165) is 40.5 Å². The lowest BCUT2D eigenvalue weighted by atomic mass is 9.98. The maximum absolute atomic E-state index is 12.9. The van der Waals surface area contributed by atoms with E-state index in [4.69, 9.17) is 11.6 Å². The Morgan fingerprint density at radius 3 is 2.58 bits per heavy atom. The fourth-order valence-corrected chi connectivity index (χ4v) is 4.86. The highest BCUT2D eigenvalue weighted by atomic mass is 35.5. The molecule has 0 aliphatic carbocycles. The van der Waals surface area contributed by atoms with E-state index in [2.05, 4.69) is 23.2 Å². The molecule has 3 aromatic rings. The van der Waals surface area contributed by atoms with Crippen LogP contribution in [0.25, 0.3) is 10.1 Å². The highest BCUT2D eigenvalue weighted by Crippen LogP contribution is 2.36. The van der Waals surface area contributed by atoms with Gasteiger partial charge in [-0.2, -0.15) is 0 Å². The third kappa shape index (κ3) is 3.31. The third-order valence-corrected chi connectivity index (χ3v) is 6.69. The zero-order chi connectivity index (χ0) is 18.1. The Kier molecular flexibility index (Phi) is 4.88. The molecule has 0 radical (unpaired) electrons. The molecular weight excluding hydrogens is 364 g/mol. The number of fused-ring (bicyclic) bond motifs is 1. The fourth-order valence-electron chi connectivity index (χ4n) is 3.44. The molecule has 26 heavy (non-hydrogen) atoms. The van der Waals surface area contributed by atoms with Crippen LogP contribution >= 0.6 is 22.9 Å². The van der Waals surface area contributed by atoms with Crippen molar-refractivity contribution < 1.29 is 4.79 Å². The number of anilines is 2. The first-order chi connectivity index (χ1) is 12.6. The summed E-state index contributed by atoms with van der Waals surface area (Å²) >= 11 is 7.90. The molecule has 2 heterocycles. The largest absolute Gasteiger partial charge is 0.370 e. The van der Waals surface area contributed by atoms with Crippen molar-refractivity contribution in [1.82, 2.24) is 0 Å². The minimum Gasteiger partial charge on any atom is -0.370 e. The van der Waals surface area contributed by atoms with Gasteiger partial charge in [-0.05, 0) is 37.0 Å². The number of hydrogen-bond acceptors (Lipinski definition) is 3. The quantitative estimate of drug-likeness (QED) is 0.596. The van der Waals surface area contributed by atoms with Gasteiger partial charge >= 0.3 is 0 Å². The number of thiophene rings is 1. The molecule has 1 fully saturated rings. The minimum absolute atomic E-state index is 0.144. The van der Waals surface area contributed by atoms with Crippen LogP contribution in [-0.4, -0.2) is 19.0 Å². The number of hydrogen-bond donors (Lipinski definition) is 1. The fraction of sp³-hybridized carbons (Fsp3) is 0.286. The van der Waals surface area contributed by atoms with Gasteiger partial charge in [-0.1, -0.05) is 48.9 Å². The van der Waals surface area contributed by atoms with Gasteiger partial charge in [0.15, 0.2) is 0 Å². The maximum Gasteiger partial charge on any atom is 0.267 e. The van der Waals surface area contributed by atoms with Crippen molar-refractivity contribution >= 4 is 50.3 Å². The van der Waals surface area contributed by atoms with E-state index in [-0.39, 0.29) is 5.91 Å². The number of carbonyl (C=O) groups excluding carboxylic acids is 1. The van der Waals surface area contributed by atoms with E-state index >= 15 is 0 Å². The maximum atomic E-state index is 12.9. The molecule has 1 aromatic heterocycles. The molecule has 2 aromatic carbocycles. The van der Waals surface area contributed by atoms with Gasteiger partial charge in [-0.3, -0.25) is 4.79 Å². The van der Waals surface area contributed by atoms with Crippen molar-refractivity contribution in [2.75, 3.05) is 23.3 Å². The number of rotatable bonds is 3. The Labute approximate surface area is 162 Å². The summed E-state index contributed by atoms with van der Waals surface area (Å²) in [4.78, 5) is 15.8. The standard InChI is InChI=1S/C21H21ClN2OS/c1-14-10-12-24(13-11-14)17-8-4-3-7-16(17)23-21(25)20-19(22)15-6-2-5-9-18(15)26-20/h2-9,14H,10-13H2,1H3,(H,23,25). The number of amides is 1. The van der Waals surface area contributed by atoms with Crippen LogP contribution < -0.4 is 10.2 Å². The lowest BCUT2D eigenvalue weighted by Gasteiger charge is -2.33. The van der Waals surface area contributed by atoms with Crippen molar-refractivity contribution in [2.45, 2.75) is 19.8 Å². The van der Waals surface area contributed by atoms with Crippen LogP contribution in [0.1, 0.15) is 29.4 Å². The van der Waals surface area contributed by atoms with Crippen LogP contribution in [0.5, 0.6) is 0 Å². The van der Waals surface area contributed by atoms with Gasteiger partial charge in [0.1, 0.15) is 4.88 Å². The van der Waals surface area contributed by atoms with Gasteiger partial charge in [-0.15, -0.1) is 11.3 Å². The van der Waals surface area contributed by atoms with Gasteiger partial charge in [-0.25, -0.2) is 0 Å². The van der Waals surface area contributed by atoms with Crippen LogP contribution in [0.2, 0.25) is 5.02 Å². The molecule has 1 aliphatic rings. The van der Waals surface area contributed by atoms with Gasteiger partial charge in [0.25, 0.3) is 5.91 Å².